The highest BCUT2D eigenvalue weighted by Crippen LogP contribution is 2.21. The summed E-state index contributed by atoms with van der Waals surface area (Å²) < 4.78 is 36.2. The Balaban J connectivity index is 2.77. The van der Waals surface area contributed by atoms with E-state index in [2.05, 4.69) is 9.97 Å². The molecule has 2 nitrogen and oxygen atoms in total. The zero-order valence-electron chi connectivity index (χ0n) is 8.19. The average molecular weight is 236 g/mol. The number of nitrogens with one attached hydrogen (secondary N) is 1. The van der Waals surface area contributed by atoms with Crippen LogP contribution in [0, 0.1) is 4.64 Å². The van der Waals surface area contributed by atoms with Crippen molar-refractivity contribution in [3.63, 3.8) is 0 Å². The van der Waals surface area contributed by atoms with Gasteiger partial charge in [-0.15, -0.1) is 0 Å². The van der Waals surface area contributed by atoms with Gasteiger partial charge in [0, 0.05) is 12.1 Å². The lowest BCUT2D eigenvalue weighted by Gasteiger charge is -2.06. The van der Waals surface area contributed by atoms with Gasteiger partial charge >= 0.3 is 6.18 Å². The van der Waals surface area contributed by atoms with Gasteiger partial charge in [-0.25, -0.2) is 4.98 Å². The molecule has 0 amide bonds. The number of aromatic amines is 1. The van der Waals surface area contributed by atoms with Gasteiger partial charge in [-0.3, -0.25) is 0 Å². The SMILES string of the molecule is CCc1cc(=S)nc(CCC(F)(F)F)[nH]1. The van der Waals surface area contributed by atoms with Gasteiger partial charge < -0.3 is 4.98 Å². The molecular formula is C9H11F3N2S. The van der Waals surface area contributed by atoms with E-state index in [1.807, 2.05) is 6.92 Å². The number of hydrogen-bond acceptors (Lipinski definition) is 2. The van der Waals surface area contributed by atoms with Gasteiger partial charge in [0.1, 0.15) is 10.5 Å². The zero-order valence-corrected chi connectivity index (χ0v) is 9.00. The molecule has 0 radical (unpaired) electrons. The largest absolute Gasteiger partial charge is 0.389 e. The van der Waals surface area contributed by atoms with Gasteiger partial charge in [-0.2, -0.15) is 13.2 Å². The highest BCUT2D eigenvalue weighted by molar-refractivity contribution is 7.71. The Labute approximate surface area is 90.6 Å². The second kappa shape index (κ2) is 4.74. The molecule has 0 aromatic carbocycles. The normalized spacial score (nSPS) is 11.7. The van der Waals surface area contributed by atoms with Crippen LogP contribution in [0.3, 0.4) is 0 Å². The molecule has 84 valence electrons. The van der Waals surface area contributed by atoms with Crippen molar-refractivity contribution in [1.29, 1.82) is 0 Å². The maximum Gasteiger partial charge on any atom is 0.389 e. The zero-order chi connectivity index (χ0) is 11.5. The first-order valence-electron chi connectivity index (χ1n) is 4.56. The van der Waals surface area contributed by atoms with Crippen LogP contribution in [0.2, 0.25) is 0 Å². The summed E-state index contributed by atoms with van der Waals surface area (Å²) in [4.78, 5) is 6.67. The molecule has 0 aliphatic carbocycles. The fourth-order valence-corrected chi connectivity index (χ4v) is 1.39. The summed E-state index contributed by atoms with van der Waals surface area (Å²) >= 11 is 4.85. The first-order chi connectivity index (χ1) is 6.90. The highest BCUT2D eigenvalue weighted by atomic mass is 32.1. The van der Waals surface area contributed by atoms with Gasteiger partial charge in [0.2, 0.25) is 0 Å². The molecule has 0 fully saturated rings. The molecule has 0 spiro atoms. The van der Waals surface area contributed by atoms with Crippen LogP contribution >= 0.6 is 12.2 Å². The predicted molar refractivity (Wildman–Crippen MR) is 53.2 cm³/mol. The summed E-state index contributed by atoms with van der Waals surface area (Å²) in [6.07, 6.45) is -4.48. The predicted octanol–water partition coefficient (Wildman–Crippen LogP) is 3.20. The second-order valence-electron chi connectivity index (χ2n) is 3.16. The molecule has 0 aliphatic rings. The molecule has 1 heterocycles. The van der Waals surface area contributed by atoms with Crippen LogP contribution in [0.15, 0.2) is 6.07 Å². The number of rotatable bonds is 3. The van der Waals surface area contributed by atoms with E-state index in [9.17, 15) is 13.2 Å². The van der Waals surface area contributed by atoms with Gasteiger partial charge in [0.15, 0.2) is 0 Å². The lowest BCUT2D eigenvalue weighted by molar-refractivity contribution is -0.134. The maximum absolute atomic E-state index is 12.0. The van der Waals surface area contributed by atoms with Crippen LogP contribution in [0.1, 0.15) is 24.9 Å². The number of hydrogen-bond donors (Lipinski definition) is 1. The Morgan fingerprint density at radius 1 is 1.47 bits per heavy atom. The number of aromatic nitrogens is 2. The quantitative estimate of drug-likeness (QED) is 0.816. The number of halogens is 3. The molecule has 0 atom stereocenters. The van der Waals surface area contributed by atoms with E-state index in [-0.39, 0.29) is 6.42 Å². The average Bonchev–Trinajstić information content (AvgIpc) is 2.13. The molecule has 0 saturated heterocycles. The van der Waals surface area contributed by atoms with E-state index >= 15 is 0 Å². The van der Waals surface area contributed by atoms with E-state index in [1.54, 1.807) is 6.07 Å². The first kappa shape index (κ1) is 12.2. The molecule has 0 aliphatic heterocycles. The summed E-state index contributed by atoms with van der Waals surface area (Å²) in [6, 6.07) is 1.66. The van der Waals surface area contributed by atoms with Crippen molar-refractivity contribution in [2.24, 2.45) is 0 Å². The summed E-state index contributed by atoms with van der Waals surface area (Å²) in [5, 5.41) is 0. The van der Waals surface area contributed by atoms with Crippen LogP contribution in [0.4, 0.5) is 13.2 Å². The van der Waals surface area contributed by atoms with Crippen molar-refractivity contribution in [2.45, 2.75) is 32.4 Å². The molecule has 0 bridgehead atoms. The van der Waals surface area contributed by atoms with Crippen LogP contribution in [-0.4, -0.2) is 16.1 Å². The third kappa shape index (κ3) is 4.42. The maximum atomic E-state index is 12.0. The lowest BCUT2D eigenvalue weighted by Crippen LogP contribution is -2.10. The summed E-state index contributed by atoms with van der Waals surface area (Å²) in [5.74, 6) is 0.302. The molecule has 1 rings (SSSR count). The van der Waals surface area contributed by atoms with Crippen molar-refractivity contribution < 1.29 is 13.2 Å². The van der Waals surface area contributed by atoms with E-state index in [1.165, 1.54) is 0 Å². The van der Waals surface area contributed by atoms with E-state index in [4.69, 9.17) is 12.2 Å². The standard InChI is InChI=1S/C9H11F3N2S/c1-2-6-5-8(15)14-7(13-6)3-4-9(10,11)12/h5H,2-4H2,1H3,(H,13,14,15). The number of nitrogens with zero attached hydrogens (tertiary/aromatic N) is 1. The third-order valence-electron chi connectivity index (χ3n) is 1.87. The Morgan fingerprint density at radius 2 is 2.13 bits per heavy atom. The Kier molecular flexibility index (Phi) is 3.84. The van der Waals surface area contributed by atoms with Crippen molar-refractivity contribution in [1.82, 2.24) is 9.97 Å². The Morgan fingerprint density at radius 3 is 2.67 bits per heavy atom. The molecule has 1 aromatic heterocycles. The molecule has 15 heavy (non-hydrogen) atoms. The minimum atomic E-state index is -4.15. The fourth-order valence-electron chi connectivity index (χ4n) is 1.13. The molecular weight excluding hydrogens is 225 g/mol. The van der Waals surface area contributed by atoms with Crippen LogP contribution < -0.4 is 0 Å². The summed E-state index contributed by atoms with van der Waals surface area (Å²) in [7, 11) is 0. The summed E-state index contributed by atoms with van der Waals surface area (Å²) in [5.41, 5.74) is 0.812. The highest BCUT2D eigenvalue weighted by Gasteiger charge is 2.26. The van der Waals surface area contributed by atoms with Gasteiger partial charge in [-0.1, -0.05) is 19.1 Å². The van der Waals surface area contributed by atoms with Crippen LogP contribution in [-0.2, 0) is 12.8 Å². The monoisotopic (exact) mass is 236 g/mol. The molecule has 0 unspecified atom stereocenters. The number of aryl methyl sites for hydroxylation is 2. The molecule has 0 saturated carbocycles. The van der Waals surface area contributed by atoms with Crippen LogP contribution in [0.5, 0.6) is 0 Å². The topological polar surface area (TPSA) is 28.7 Å². The van der Waals surface area contributed by atoms with Gasteiger partial charge in [0.05, 0.1) is 6.42 Å². The second-order valence-corrected chi connectivity index (χ2v) is 3.58. The first-order valence-corrected chi connectivity index (χ1v) is 4.97. The van der Waals surface area contributed by atoms with Crippen LogP contribution in [0.25, 0.3) is 0 Å². The lowest BCUT2D eigenvalue weighted by atomic mass is 10.2. The minimum absolute atomic E-state index is 0.152. The van der Waals surface area contributed by atoms with Crippen molar-refractivity contribution in [3.05, 3.63) is 22.2 Å². The number of H-pyrrole nitrogens is 1. The van der Waals surface area contributed by atoms with Gasteiger partial charge in [-0.05, 0) is 12.5 Å². The van der Waals surface area contributed by atoms with Crippen molar-refractivity contribution in [2.75, 3.05) is 0 Å². The fraction of sp³-hybridized carbons (Fsp3) is 0.556. The minimum Gasteiger partial charge on any atom is -0.347 e. The summed E-state index contributed by atoms with van der Waals surface area (Å²) in [6.45, 7) is 1.90. The number of alkyl halides is 3. The van der Waals surface area contributed by atoms with Crippen molar-refractivity contribution >= 4 is 12.2 Å². The Bertz CT molecular complexity index is 384. The molecule has 6 heteroatoms. The Hall–Kier alpha value is -0.910. The smallest absolute Gasteiger partial charge is 0.347 e. The van der Waals surface area contributed by atoms with E-state index < -0.39 is 12.6 Å². The van der Waals surface area contributed by atoms with Gasteiger partial charge in [0.25, 0.3) is 0 Å². The molecule has 1 aromatic rings. The van der Waals surface area contributed by atoms with E-state index in [0.29, 0.717) is 16.9 Å². The molecule has 1 N–H and O–H groups in total. The third-order valence-corrected chi connectivity index (χ3v) is 2.08. The van der Waals surface area contributed by atoms with E-state index in [0.717, 1.165) is 5.69 Å². The van der Waals surface area contributed by atoms with Crippen molar-refractivity contribution in [3.8, 4) is 0 Å².